The minimum Gasteiger partial charge on any atom is -0.463 e. The lowest BCUT2D eigenvalue weighted by Crippen LogP contribution is -2.59. The highest BCUT2D eigenvalue weighted by molar-refractivity contribution is 5.69. The largest absolute Gasteiger partial charge is 0.463 e. The Morgan fingerprint density at radius 3 is 2.57 bits per heavy atom. The molecule has 0 bridgehead atoms. The minimum absolute atomic E-state index is 0.148. The first-order valence-corrected chi connectivity index (χ1v) is 10.1. The van der Waals surface area contributed by atoms with E-state index >= 15 is 0 Å². The Labute approximate surface area is 166 Å². The molecule has 0 radical (unpaired) electrons. The van der Waals surface area contributed by atoms with Gasteiger partial charge in [-0.2, -0.15) is 0 Å². The average molecular weight is 393 g/mol. The van der Waals surface area contributed by atoms with E-state index in [0.29, 0.717) is 39.4 Å². The van der Waals surface area contributed by atoms with E-state index in [1.54, 1.807) is 0 Å². The van der Waals surface area contributed by atoms with E-state index in [1.807, 2.05) is 25.1 Å². The van der Waals surface area contributed by atoms with Crippen molar-refractivity contribution in [1.29, 1.82) is 0 Å². The molecule has 2 aliphatic rings. The van der Waals surface area contributed by atoms with Crippen LogP contribution in [0.2, 0.25) is 0 Å². The summed E-state index contributed by atoms with van der Waals surface area (Å²) >= 11 is 0. The molecule has 0 aliphatic carbocycles. The monoisotopic (exact) mass is 393 g/mol. The zero-order valence-electron chi connectivity index (χ0n) is 16.7. The van der Waals surface area contributed by atoms with E-state index in [4.69, 9.17) is 23.7 Å². The first kappa shape index (κ1) is 21.2. The number of benzene rings is 1. The van der Waals surface area contributed by atoms with Crippen LogP contribution in [0.4, 0.5) is 0 Å². The molecule has 156 valence electrons. The molecule has 2 fully saturated rings. The molecule has 2 aliphatic heterocycles. The van der Waals surface area contributed by atoms with Gasteiger partial charge in [0.1, 0.15) is 25.9 Å². The first-order valence-electron chi connectivity index (χ1n) is 10.1. The van der Waals surface area contributed by atoms with Crippen molar-refractivity contribution >= 4 is 5.97 Å². The molecule has 0 amide bonds. The SMILES string of the molecule is CCCC(=O)OC[C@@H]1COC[C@]2(COC[C@@H](CN[C@@H](C)c3ccccc3)O2)O1. The molecule has 0 unspecified atom stereocenters. The number of hydrogen-bond acceptors (Lipinski definition) is 7. The Balaban J connectivity index is 1.48. The quantitative estimate of drug-likeness (QED) is 0.679. The maximum Gasteiger partial charge on any atom is 0.305 e. The van der Waals surface area contributed by atoms with Crippen LogP contribution in [0, 0.1) is 0 Å². The van der Waals surface area contributed by atoms with Gasteiger partial charge in [-0.15, -0.1) is 0 Å². The third-order valence-corrected chi connectivity index (χ3v) is 4.85. The third-order valence-electron chi connectivity index (χ3n) is 4.85. The lowest BCUT2D eigenvalue weighted by atomic mass is 10.1. The van der Waals surface area contributed by atoms with Gasteiger partial charge in [0.2, 0.25) is 5.79 Å². The van der Waals surface area contributed by atoms with Gasteiger partial charge < -0.3 is 29.0 Å². The molecule has 1 spiro atoms. The van der Waals surface area contributed by atoms with Crippen molar-refractivity contribution in [2.45, 2.75) is 50.7 Å². The summed E-state index contributed by atoms with van der Waals surface area (Å²) in [5.74, 6) is -1.16. The summed E-state index contributed by atoms with van der Waals surface area (Å²) in [6.07, 6.45) is 0.668. The lowest BCUT2D eigenvalue weighted by molar-refractivity contribution is -0.371. The molecular formula is C21H31NO6. The van der Waals surface area contributed by atoms with Crippen LogP contribution in [0.1, 0.15) is 38.3 Å². The molecular weight excluding hydrogens is 362 g/mol. The highest BCUT2D eigenvalue weighted by Gasteiger charge is 2.44. The van der Waals surface area contributed by atoms with Crippen LogP contribution in [0.3, 0.4) is 0 Å². The molecule has 3 rings (SSSR count). The zero-order valence-corrected chi connectivity index (χ0v) is 16.7. The van der Waals surface area contributed by atoms with Gasteiger partial charge in [-0.1, -0.05) is 37.3 Å². The summed E-state index contributed by atoms with van der Waals surface area (Å²) < 4.78 is 29.0. The number of esters is 1. The molecule has 28 heavy (non-hydrogen) atoms. The van der Waals surface area contributed by atoms with E-state index in [1.165, 1.54) is 5.56 Å². The number of nitrogens with one attached hydrogen (secondary N) is 1. The molecule has 1 N–H and O–H groups in total. The van der Waals surface area contributed by atoms with Crippen LogP contribution in [0.15, 0.2) is 30.3 Å². The Bertz CT molecular complexity index is 608. The van der Waals surface area contributed by atoms with Crippen molar-refractivity contribution in [3.05, 3.63) is 35.9 Å². The van der Waals surface area contributed by atoms with Gasteiger partial charge in [0.25, 0.3) is 0 Å². The molecule has 4 atom stereocenters. The second-order valence-corrected chi connectivity index (χ2v) is 7.39. The van der Waals surface area contributed by atoms with E-state index in [0.717, 1.165) is 6.42 Å². The Morgan fingerprint density at radius 2 is 1.86 bits per heavy atom. The zero-order chi connectivity index (χ0) is 19.8. The summed E-state index contributed by atoms with van der Waals surface area (Å²) in [5.41, 5.74) is 1.22. The topological polar surface area (TPSA) is 75.3 Å². The third kappa shape index (κ3) is 5.99. The molecule has 1 aromatic rings. The van der Waals surface area contributed by atoms with Crippen molar-refractivity contribution in [2.75, 3.05) is 39.6 Å². The fourth-order valence-electron chi connectivity index (χ4n) is 3.39. The number of hydrogen-bond donors (Lipinski definition) is 1. The van der Waals surface area contributed by atoms with Crippen LogP contribution in [-0.4, -0.2) is 63.5 Å². The Kier molecular flexibility index (Phi) is 7.82. The van der Waals surface area contributed by atoms with E-state index in [2.05, 4.69) is 24.4 Å². The fraction of sp³-hybridized carbons (Fsp3) is 0.667. The van der Waals surface area contributed by atoms with Crippen LogP contribution >= 0.6 is 0 Å². The maximum atomic E-state index is 11.6. The number of rotatable bonds is 8. The molecule has 2 saturated heterocycles. The van der Waals surface area contributed by atoms with Crippen LogP contribution in [-0.2, 0) is 28.5 Å². The predicted molar refractivity (Wildman–Crippen MR) is 103 cm³/mol. The maximum absolute atomic E-state index is 11.6. The summed E-state index contributed by atoms with van der Waals surface area (Å²) in [7, 11) is 0. The Hall–Kier alpha value is -1.51. The minimum atomic E-state index is -0.944. The molecule has 7 heteroatoms. The van der Waals surface area contributed by atoms with Gasteiger partial charge in [-0.3, -0.25) is 4.79 Å². The number of ether oxygens (including phenoxy) is 5. The van der Waals surface area contributed by atoms with Gasteiger partial charge in [0, 0.05) is 19.0 Å². The molecule has 1 aromatic carbocycles. The second kappa shape index (κ2) is 10.3. The van der Waals surface area contributed by atoms with Crippen LogP contribution < -0.4 is 5.32 Å². The fourth-order valence-corrected chi connectivity index (χ4v) is 3.39. The van der Waals surface area contributed by atoms with Gasteiger partial charge in [-0.05, 0) is 18.9 Å². The first-order chi connectivity index (χ1) is 13.6. The molecule has 7 nitrogen and oxygen atoms in total. The predicted octanol–water partition coefficient (Wildman–Crippen LogP) is 2.21. The van der Waals surface area contributed by atoms with E-state index in [9.17, 15) is 4.79 Å². The summed E-state index contributed by atoms with van der Waals surface area (Å²) in [4.78, 5) is 11.6. The average Bonchev–Trinajstić information content (AvgIpc) is 2.72. The van der Waals surface area contributed by atoms with Crippen LogP contribution in [0.5, 0.6) is 0 Å². The smallest absolute Gasteiger partial charge is 0.305 e. The highest BCUT2D eigenvalue weighted by Crippen LogP contribution is 2.27. The summed E-state index contributed by atoms with van der Waals surface area (Å²) in [5, 5.41) is 3.49. The van der Waals surface area contributed by atoms with Crippen molar-refractivity contribution in [2.24, 2.45) is 0 Å². The standard InChI is InChI=1S/C21H31NO6/c1-3-7-20(23)26-13-19-12-25-15-21(28-19)14-24-11-18(27-21)10-22-16(2)17-8-5-4-6-9-17/h4-6,8-9,16,18-19,22H,3,7,10-15H2,1-2H3/t16-,18+,19-,21-/m0/s1. The molecule has 0 aromatic heterocycles. The normalized spacial score (nSPS) is 28.8. The van der Waals surface area contributed by atoms with Crippen molar-refractivity contribution in [3.8, 4) is 0 Å². The van der Waals surface area contributed by atoms with Gasteiger partial charge >= 0.3 is 5.97 Å². The number of carbonyl (C=O) groups is 1. The Morgan fingerprint density at radius 1 is 1.18 bits per heavy atom. The summed E-state index contributed by atoms with van der Waals surface area (Å²) in [6.45, 7) is 6.34. The molecule has 2 heterocycles. The van der Waals surface area contributed by atoms with Gasteiger partial charge in [0.15, 0.2) is 0 Å². The van der Waals surface area contributed by atoms with E-state index in [-0.39, 0.29) is 30.8 Å². The molecule has 0 saturated carbocycles. The van der Waals surface area contributed by atoms with Crippen molar-refractivity contribution < 1.29 is 28.5 Å². The highest BCUT2D eigenvalue weighted by atomic mass is 16.8. The second-order valence-electron chi connectivity index (χ2n) is 7.39. The van der Waals surface area contributed by atoms with Crippen molar-refractivity contribution in [3.63, 3.8) is 0 Å². The van der Waals surface area contributed by atoms with E-state index < -0.39 is 5.79 Å². The van der Waals surface area contributed by atoms with Gasteiger partial charge in [-0.25, -0.2) is 0 Å². The van der Waals surface area contributed by atoms with Crippen LogP contribution in [0.25, 0.3) is 0 Å². The van der Waals surface area contributed by atoms with Crippen molar-refractivity contribution in [1.82, 2.24) is 5.32 Å². The number of carbonyl (C=O) groups excluding carboxylic acids is 1. The summed E-state index contributed by atoms with van der Waals surface area (Å²) in [6, 6.07) is 10.5. The lowest BCUT2D eigenvalue weighted by Gasteiger charge is -2.45. The van der Waals surface area contributed by atoms with Gasteiger partial charge in [0.05, 0.1) is 19.3 Å².